The molecule has 0 aromatic heterocycles. The van der Waals surface area contributed by atoms with E-state index in [1.165, 1.54) is 6.07 Å². The van der Waals surface area contributed by atoms with Gasteiger partial charge in [-0.25, -0.2) is 4.39 Å². The maximum Gasteiger partial charge on any atom is 0.166 e. The highest BCUT2D eigenvalue weighted by Crippen LogP contribution is 2.40. The molecule has 1 aliphatic carbocycles. The lowest BCUT2D eigenvalue weighted by atomic mass is 10.2. The van der Waals surface area contributed by atoms with Crippen LogP contribution in [-0.4, -0.2) is 18.2 Å². The molecule has 1 aromatic carbocycles. The number of rotatable bonds is 5. The van der Waals surface area contributed by atoms with E-state index in [1.54, 1.807) is 12.1 Å². The van der Waals surface area contributed by atoms with Gasteiger partial charge in [-0.15, -0.1) is 0 Å². The SMILES string of the molecule is CC(C)NCC1(Oc2ccc(Cl)cc2F)CC1. The molecule has 0 aliphatic heterocycles. The summed E-state index contributed by atoms with van der Waals surface area (Å²) in [6.45, 7) is 4.92. The third-order valence-corrected chi connectivity index (χ3v) is 3.10. The molecule has 1 aliphatic rings. The fraction of sp³-hybridized carbons (Fsp3) is 0.538. The molecule has 4 heteroatoms. The minimum atomic E-state index is -0.395. The van der Waals surface area contributed by atoms with E-state index in [4.69, 9.17) is 16.3 Å². The van der Waals surface area contributed by atoms with Crippen molar-refractivity contribution >= 4 is 11.6 Å². The Bertz CT molecular complexity index is 404. The van der Waals surface area contributed by atoms with E-state index in [1.807, 2.05) is 0 Å². The number of benzene rings is 1. The lowest BCUT2D eigenvalue weighted by Gasteiger charge is -2.20. The molecule has 0 heterocycles. The van der Waals surface area contributed by atoms with Gasteiger partial charge >= 0.3 is 0 Å². The summed E-state index contributed by atoms with van der Waals surface area (Å²) in [5, 5.41) is 3.71. The van der Waals surface area contributed by atoms with Gasteiger partial charge in [0.05, 0.1) is 0 Å². The quantitative estimate of drug-likeness (QED) is 0.873. The van der Waals surface area contributed by atoms with E-state index in [2.05, 4.69) is 19.2 Å². The Morgan fingerprint density at radius 2 is 2.18 bits per heavy atom. The number of ether oxygens (including phenoxy) is 1. The first-order valence-corrected chi connectivity index (χ1v) is 6.26. The molecule has 0 radical (unpaired) electrons. The van der Waals surface area contributed by atoms with Crippen LogP contribution in [0.1, 0.15) is 26.7 Å². The molecule has 0 unspecified atom stereocenters. The van der Waals surface area contributed by atoms with Gasteiger partial charge in [-0.3, -0.25) is 0 Å². The second-order valence-corrected chi connectivity index (χ2v) is 5.33. The molecule has 0 bridgehead atoms. The summed E-state index contributed by atoms with van der Waals surface area (Å²) in [6, 6.07) is 4.92. The zero-order chi connectivity index (χ0) is 12.5. The molecule has 1 aromatic rings. The molecule has 2 rings (SSSR count). The summed E-state index contributed by atoms with van der Waals surface area (Å²) in [5.41, 5.74) is -0.223. The topological polar surface area (TPSA) is 21.3 Å². The van der Waals surface area contributed by atoms with Gasteiger partial charge in [-0.2, -0.15) is 0 Å². The number of nitrogens with one attached hydrogen (secondary N) is 1. The normalized spacial score (nSPS) is 17.2. The van der Waals surface area contributed by atoms with Crippen molar-refractivity contribution in [3.63, 3.8) is 0 Å². The summed E-state index contributed by atoms with van der Waals surface area (Å²) in [5.74, 6) is -0.106. The predicted octanol–water partition coefficient (Wildman–Crippen LogP) is 3.39. The van der Waals surface area contributed by atoms with Crippen LogP contribution in [0.4, 0.5) is 4.39 Å². The number of hydrogen-bond donors (Lipinski definition) is 1. The molecule has 0 atom stereocenters. The Kier molecular flexibility index (Phi) is 3.59. The fourth-order valence-electron chi connectivity index (χ4n) is 1.64. The van der Waals surface area contributed by atoms with Gasteiger partial charge in [-0.05, 0) is 31.0 Å². The average Bonchev–Trinajstić information content (AvgIpc) is 3.00. The Hall–Kier alpha value is -0.800. The van der Waals surface area contributed by atoms with Gasteiger partial charge in [0, 0.05) is 17.6 Å². The van der Waals surface area contributed by atoms with Crippen LogP contribution in [0.3, 0.4) is 0 Å². The molecule has 2 nitrogen and oxygen atoms in total. The lowest BCUT2D eigenvalue weighted by Crippen LogP contribution is -2.37. The van der Waals surface area contributed by atoms with E-state index >= 15 is 0 Å². The molecule has 1 fully saturated rings. The standard InChI is InChI=1S/C13H17ClFNO/c1-9(2)16-8-13(5-6-13)17-12-4-3-10(14)7-11(12)15/h3-4,7,9,16H,5-6,8H2,1-2H3. The van der Waals surface area contributed by atoms with Crippen LogP contribution in [0.2, 0.25) is 5.02 Å². The molecular weight excluding hydrogens is 241 g/mol. The maximum absolute atomic E-state index is 13.6. The molecule has 0 saturated heterocycles. The van der Waals surface area contributed by atoms with Crippen molar-refractivity contribution in [2.75, 3.05) is 6.54 Å². The van der Waals surface area contributed by atoms with Crippen molar-refractivity contribution in [1.82, 2.24) is 5.32 Å². The van der Waals surface area contributed by atoms with Crippen LogP contribution < -0.4 is 10.1 Å². The van der Waals surface area contributed by atoms with Crippen LogP contribution in [0.5, 0.6) is 5.75 Å². The Morgan fingerprint density at radius 1 is 1.47 bits per heavy atom. The van der Waals surface area contributed by atoms with E-state index in [0.717, 1.165) is 19.4 Å². The first kappa shape index (κ1) is 12.7. The van der Waals surface area contributed by atoms with E-state index in [0.29, 0.717) is 11.1 Å². The lowest BCUT2D eigenvalue weighted by molar-refractivity contribution is 0.165. The third kappa shape index (κ3) is 3.33. The average molecular weight is 258 g/mol. The van der Waals surface area contributed by atoms with E-state index in [9.17, 15) is 4.39 Å². The number of halogens is 2. The minimum Gasteiger partial charge on any atom is -0.483 e. The maximum atomic E-state index is 13.6. The summed E-state index contributed by atoms with van der Waals surface area (Å²) >= 11 is 5.70. The van der Waals surface area contributed by atoms with E-state index < -0.39 is 5.82 Å². The monoisotopic (exact) mass is 257 g/mol. The molecule has 1 saturated carbocycles. The van der Waals surface area contributed by atoms with Crippen molar-refractivity contribution in [3.05, 3.63) is 29.0 Å². The zero-order valence-electron chi connectivity index (χ0n) is 10.1. The van der Waals surface area contributed by atoms with Crippen molar-refractivity contribution in [1.29, 1.82) is 0 Å². The van der Waals surface area contributed by atoms with Crippen LogP contribution in [0, 0.1) is 5.82 Å². The second-order valence-electron chi connectivity index (χ2n) is 4.90. The van der Waals surface area contributed by atoms with Gasteiger partial charge < -0.3 is 10.1 Å². The van der Waals surface area contributed by atoms with Gasteiger partial charge in [-0.1, -0.05) is 25.4 Å². The Balaban J connectivity index is 2.00. The van der Waals surface area contributed by atoms with E-state index in [-0.39, 0.29) is 11.4 Å². The summed E-state index contributed by atoms with van der Waals surface area (Å²) in [4.78, 5) is 0. The van der Waals surface area contributed by atoms with Crippen molar-refractivity contribution < 1.29 is 9.13 Å². The van der Waals surface area contributed by atoms with Crippen LogP contribution in [0.25, 0.3) is 0 Å². The minimum absolute atomic E-state index is 0.223. The first-order chi connectivity index (χ1) is 8.01. The van der Waals surface area contributed by atoms with Crippen molar-refractivity contribution in [3.8, 4) is 5.75 Å². The molecule has 1 N–H and O–H groups in total. The van der Waals surface area contributed by atoms with Gasteiger partial charge in [0.1, 0.15) is 5.60 Å². The zero-order valence-corrected chi connectivity index (χ0v) is 10.9. The predicted molar refractivity (Wildman–Crippen MR) is 67.1 cm³/mol. The Labute approximate surface area is 106 Å². The molecular formula is C13H17ClFNO. The fourth-order valence-corrected chi connectivity index (χ4v) is 1.79. The third-order valence-electron chi connectivity index (χ3n) is 2.86. The highest BCUT2D eigenvalue weighted by Gasteiger charge is 2.45. The molecule has 17 heavy (non-hydrogen) atoms. The number of hydrogen-bond acceptors (Lipinski definition) is 2. The second kappa shape index (κ2) is 4.83. The van der Waals surface area contributed by atoms with Gasteiger partial charge in [0.2, 0.25) is 0 Å². The summed E-state index contributed by atoms with van der Waals surface area (Å²) < 4.78 is 19.3. The van der Waals surface area contributed by atoms with Gasteiger partial charge in [0.15, 0.2) is 11.6 Å². The van der Waals surface area contributed by atoms with Crippen molar-refractivity contribution in [2.45, 2.75) is 38.3 Å². The largest absolute Gasteiger partial charge is 0.483 e. The highest BCUT2D eigenvalue weighted by molar-refractivity contribution is 6.30. The van der Waals surface area contributed by atoms with Crippen LogP contribution in [0.15, 0.2) is 18.2 Å². The summed E-state index contributed by atoms with van der Waals surface area (Å²) in [6.07, 6.45) is 1.93. The van der Waals surface area contributed by atoms with Gasteiger partial charge in [0.25, 0.3) is 0 Å². The molecule has 0 spiro atoms. The molecule has 0 amide bonds. The van der Waals surface area contributed by atoms with Crippen molar-refractivity contribution in [2.24, 2.45) is 0 Å². The molecule has 94 valence electrons. The Morgan fingerprint density at radius 3 is 2.71 bits per heavy atom. The smallest absolute Gasteiger partial charge is 0.166 e. The summed E-state index contributed by atoms with van der Waals surface area (Å²) in [7, 11) is 0. The van der Waals surface area contributed by atoms with Crippen LogP contribution in [-0.2, 0) is 0 Å². The first-order valence-electron chi connectivity index (χ1n) is 5.88. The van der Waals surface area contributed by atoms with Crippen LogP contribution >= 0.6 is 11.6 Å². The highest BCUT2D eigenvalue weighted by atomic mass is 35.5.